The number of ether oxygens (including phenoxy) is 4. The third-order valence-corrected chi connectivity index (χ3v) is 6.30. The number of esters is 1. The fourth-order valence-electron chi connectivity index (χ4n) is 3.44. The molecule has 0 aliphatic rings. The normalized spacial score (nSPS) is 12.4. The number of rotatable bonds is 13. The summed E-state index contributed by atoms with van der Waals surface area (Å²) in [6.07, 6.45) is 1.58. The zero-order chi connectivity index (χ0) is 25.9. The van der Waals surface area contributed by atoms with Gasteiger partial charge in [-0.1, -0.05) is 48.0 Å². The molecule has 0 aliphatic heterocycles. The minimum absolute atomic E-state index is 0.205. The molecule has 3 rings (SSSR count). The second kappa shape index (κ2) is 13.9. The number of nitrogens with one attached hydrogen (secondary N) is 1. The molecule has 0 saturated carbocycles. The molecule has 3 aromatic rings. The van der Waals surface area contributed by atoms with Crippen LogP contribution < -0.4 is 14.8 Å². The highest BCUT2D eigenvalue weighted by atomic mass is 35.5. The van der Waals surface area contributed by atoms with Crippen LogP contribution in [0.25, 0.3) is 0 Å². The van der Waals surface area contributed by atoms with Crippen LogP contribution in [0.3, 0.4) is 0 Å². The van der Waals surface area contributed by atoms with Crippen molar-refractivity contribution in [3.8, 4) is 11.5 Å². The van der Waals surface area contributed by atoms with Crippen LogP contribution in [-0.2, 0) is 31.7 Å². The summed E-state index contributed by atoms with van der Waals surface area (Å²) in [5.74, 6) is 0.446. The lowest BCUT2D eigenvalue weighted by Crippen LogP contribution is -2.24. The number of carbonyl (C=O) groups excluding carboxylic acids is 1. The van der Waals surface area contributed by atoms with Crippen LogP contribution in [-0.4, -0.2) is 43.4 Å². The Kier molecular flexibility index (Phi) is 10.6. The van der Waals surface area contributed by atoms with Crippen LogP contribution >= 0.6 is 11.6 Å². The van der Waals surface area contributed by atoms with Crippen molar-refractivity contribution in [1.82, 2.24) is 0 Å². The van der Waals surface area contributed by atoms with Crippen LogP contribution in [0.5, 0.6) is 11.5 Å². The molecule has 0 saturated heterocycles. The molecule has 0 radical (unpaired) electrons. The molecule has 7 nitrogen and oxygen atoms in total. The Balaban J connectivity index is 1.80. The van der Waals surface area contributed by atoms with Crippen molar-refractivity contribution in [3.63, 3.8) is 0 Å². The summed E-state index contributed by atoms with van der Waals surface area (Å²) in [5, 5.41) is 3.65. The van der Waals surface area contributed by atoms with E-state index in [1.807, 2.05) is 30.3 Å². The topological polar surface area (TPSA) is 83.1 Å². The van der Waals surface area contributed by atoms with Gasteiger partial charge in [0.2, 0.25) is 0 Å². The van der Waals surface area contributed by atoms with Crippen LogP contribution in [0, 0.1) is 0 Å². The minimum atomic E-state index is -1.24. The lowest BCUT2D eigenvalue weighted by molar-refractivity contribution is -0.144. The quantitative estimate of drug-likeness (QED) is 0.233. The molecule has 0 aliphatic carbocycles. The lowest BCUT2D eigenvalue weighted by Gasteiger charge is -2.22. The molecular formula is C27H30ClNO6S. The molecule has 9 heteroatoms. The highest BCUT2D eigenvalue weighted by Crippen LogP contribution is 2.33. The number of carbonyl (C=O) groups is 1. The van der Waals surface area contributed by atoms with Gasteiger partial charge in [-0.05, 0) is 36.8 Å². The van der Waals surface area contributed by atoms with Gasteiger partial charge in [0, 0.05) is 44.3 Å². The Morgan fingerprint density at radius 2 is 1.83 bits per heavy atom. The predicted octanol–water partition coefficient (Wildman–Crippen LogP) is 5.40. The van der Waals surface area contributed by atoms with Gasteiger partial charge in [-0.25, -0.2) is 4.79 Å². The first-order valence-corrected chi connectivity index (χ1v) is 13.3. The maximum Gasteiger partial charge on any atom is 0.333 e. The smallest absolute Gasteiger partial charge is 0.333 e. The van der Waals surface area contributed by atoms with Gasteiger partial charge >= 0.3 is 5.97 Å². The Morgan fingerprint density at radius 3 is 2.53 bits per heavy atom. The average molecular weight is 532 g/mol. The number of methoxy groups -OCH3 is 1. The van der Waals surface area contributed by atoms with Gasteiger partial charge in [-0.15, -0.1) is 0 Å². The number of hydrogen-bond acceptors (Lipinski definition) is 7. The van der Waals surface area contributed by atoms with Gasteiger partial charge in [-0.3, -0.25) is 4.21 Å². The Hall–Kier alpha value is -3.07. The fraction of sp³-hybridized carbons (Fsp3) is 0.296. The summed E-state index contributed by atoms with van der Waals surface area (Å²) in [6, 6.07) is 19.1. The zero-order valence-corrected chi connectivity index (χ0v) is 22.1. The predicted molar refractivity (Wildman–Crippen MR) is 141 cm³/mol. The first-order valence-electron chi connectivity index (χ1n) is 11.4. The van der Waals surface area contributed by atoms with Crippen molar-refractivity contribution in [1.29, 1.82) is 0 Å². The third kappa shape index (κ3) is 7.98. The summed E-state index contributed by atoms with van der Waals surface area (Å²) in [5.41, 5.74) is 2.16. The van der Waals surface area contributed by atoms with E-state index in [4.69, 9.17) is 30.5 Å². The van der Waals surface area contributed by atoms with E-state index in [2.05, 4.69) is 5.32 Å². The van der Waals surface area contributed by atoms with E-state index < -0.39 is 22.8 Å². The summed E-state index contributed by atoms with van der Waals surface area (Å²) >= 11 is 6.24. The zero-order valence-electron chi connectivity index (χ0n) is 20.5. The Morgan fingerprint density at radius 1 is 1.06 bits per heavy atom. The number of halogens is 1. The third-order valence-electron chi connectivity index (χ3n) is 5.16. The van der Waals surface area contributed by atoms with Crippen molar-refractivity contribution >= 4 is 34.1 Å². The number of hydrogen-bond donors (Lipinski definition) is 1. The van der Waals surface area contributed by atoms with Crippen LogP contribution in [0.1, 0.15) is 24.1 Å². The van der Waals surface area contributed by atoms with E-state index in [-0.39, 0.29) is 13.2 Å². The standard InChI is InChI=1S/C27H30ClNO6S/c1-4-34-27(30)26(29-21-15-22(32-2)17-23(16-21)36(3)31)24-11-10-20(28)14-25(24)35-13-12-33-18-19-8-6-5-7-9-19/h5-11,14-17,26,29H,4,12-13,18H2,1-3H3. The molecule has 0 heterocycles. The van der Waals surface area contributed by atoms with Crippen LogP contribution in [0.15, 0.2) is 71.6 Å². The summed E-state index contributed by atoms with van der Waals surface area (Å²) < 4.78 is 34.5. The largest absolute Gasteiger partial charge is 0.497 e. The highest BCUT2D eigenvalue weighted by Gasteiger charge is 2.26. The second-order valence-electron chi connectivity index (χ2n) is 7.75. The maximum atomic E-state index is 13.0. The van der Waals surface area contributed by atoms with Gasteiger partial charge < -0.3 is 24.3 Å². The molecule has 0 amide bonds. The van der Waals surface area contributed by atoms with Crippen LogP contribution in [0.2, 0.25) is 5.02 Å². The molecule has 2 unspecified atom stereocenters. The van der Waals surface area contributed by atoms with Gasteiger partial charge in [0.25, 0.3) is 0 Å². The molecule has 2 atom stereocenters. The first kappa shape index (κ1) is 27.5. The fourth-order valence-corrected chi connectivity index (χ4v) is 4.18. The molecular weight excluding hydrogens is 502 g/mol. The molecule has 3 aromatic carbocycles. The average Bonchev–Trinajstić information content (AvgIpc) is 2.88. The molecule has 0 spiro atoms. The molecule has 1 N–H and O–H groups in total. The molecule has 36 heavy (non-hydrogen) atoms. The van der Waals surface area contributed by atoms with Gasteiger partial charge in [0.1, 0.15) is 18.1 Å². The van der Waals surface area contributed by atoms with E-state index in [0.717, 1.165) is 5.56 Å². The minimum Gasteiger partial charge on any atom is -0.497 e. The Labute approximate surface area is 219 Å². The SMILES string of the molecule is CCOC(=O)C(Nc1cc(OC)cc(S(C)=O)c1)c1ccc(Cl)cc1OCCOCc1ccccc1. The monoisotopic (exact) mass is 531 g/mol. The lowest BCUT2D eigenvalue weighted by atomic mass is 10.0. The molecule has 0 aromatic heterocycles. The summed E-state index contributed by atoms with van der Waals surface area (Å²) in [4.78, 5) is 13.6. The Bertz CT molecular complexity index is 1170. The van der Waals surface area contributed by atoms with Gasteiger partial charge in [-0.2, -0.15) is 0 Å². The highest BCUT2D eigenvalue weighted by molar-refractivity contribution is 7.84. The van der Waals surface area contributed by atoms with Crippen molar-refractivity contribution in [2.45, 2.75) is 24.5 Å². The van der Waals surface area contributed by atoms with E-state index in [9.17, 15) is 9.00 Å². The van der Waals surface area contributed by atoms with Gasteiger partial charge in [0.05, 0.1) is 26.9 Å². The van der Waals surface area contributed by atoms with E-state index in [1.165, 1.54) is 7.11 Å². The molecule has 0 fully saturated rings. The summed E-state index contributed by atoms with van der Waals surface area (Å²) in [6.45, 7) is 3.02. The second-order valence-corrected chi connectivity index (χ2v) is 9.57. The first-order chi connectivity index (χ1) is 17.4. The van der Waals surface area contributed by atoms with Crippen molar-refractivity contribution in [2.24, 2.45) is 0 Å². The van der Waals surface area contributed by atoms with E-state index >= 15 is 0 Å². The summed E-state index contributed by atoms with van der Waals surface area (Å²) in [7, 11) is 0.278. The van der Waals surface area contributed by atoms with Crippen LogP contribution in [0.4, 0.5) is 5.69 Å². The van der Waals surface area contributed by atoms with Crippen molar-refractivity contribution < 1.29 is 28.0 Å². The molecule has 0 bridgehead atoms. The number of benzene rings is 3. The van der Waals surface area contributed by atoms with E-state index in [1.54, 1.807) is 49.6 Å². The number of anilines is 1. The van der Waals surface area contributed by atoms with E-state index in [0.29, 0.717) is 45.9 Å². The van der Waals surface area contributed by atoms with Gasteiger partial charge in [0.15, 0.2) is 6.04 Å². The van der Waals surface area contributed by atoms with Crippen molar-refractivity contribution in [3.05, 3.63) is 82.9 Å². The van der Waals surface area contributed by atoms with Crippen molar-refractivity contribution in [2.75, 3.05) is 38.5 Å². The molecule has 192 valence electrons. The maximum absolute atomic E-state index is 13.0.